The van der Waals surface area contributed by atoms with Gasteiger partial charge in [0.2, 0.25) is 0 Å². The van der Waals surface area contributed by atoms with Gasteiger partial charge in [-0.25, -0.2) is 4.39 Å². The second-order valence-electron chi connectivity index (χ2n) is 5.56. The number of halogens is 2. The summed E-state index contributed by atoms with van der Waals surface area (Å²) in [5, 5.41) is 3.36. The first kappa shape index (κ1) is 16.6. The number of benzene rings is 1. The van der Waals surface area contributed by atoms with Crippen LogP contribution in [0, 0.1) is 11.2 Å². The fourth-order valence-corrected chi connectivity index (χ4v) is 3.55. The first-order chi connectivity index (χ1) is 8.75. The van der Waals surface area contributed by atoms with Gasteiger partial charge in [-0.3, -0.25) is 4.21 Å². The van der Waals surface area contributed by atoms with Gasteiger partial charge in [-0.2, -0.15) is 0 Å². The molecule has 2 unspecified atom stereocenters. The topological polar surface area (TPSA) is 29.1 Å². The van der Waals surface area contributed by atoms with Gasteiger partial charge in [0.15, 0.2) is 0 Å². The molecule has 0 heterocycles. The number of hydrogen-bond donors (Lipinski definition) is 1. The van der Waals surface area contributed by atoms with E-state index in [0.29, 0.717) is 10.6 Å². The summed E-state index contributed by atoms with van der Waals surface area (Å²) in [6.07, 6.45) is 0. The van der Waals surface area contributed by atoms with Crippen LogP contribution in [0.1, 0.15) is 27.7 Å². The maximum Gasteiger partial charge on any atom is 0.141 e. The van der Waals surface area contributed by atoms with Gasteiger partial charge in [0.05, 0.1) is 15.8 Å². The number of nitrogens with one attached hydrogen (secondary N) is 1. The lowest BCUT2D eigenvalue weighted by Gasteiger charge is -2.31. The molecule has 0 aliphatic carbocycles. The van der Waals surface area contributed by atoms with Crippen molar-refractivity contribution in [3.05, 3.63) is 29.0 Å². The molecule has 0 saturated carbocycles. The predicted octanol–water partition coefficient (Wildman–Crippen LogP) is 3.61. The fourth-order valence-electron chi connectivity index (χ4n) is 1.73. The third-order valence-electron chi connectivity index (χ3n) is 2.97. The molecule has 1 aromatic rings. The lowest BCUT2D eigenvalue weighted by Crippen LogP contribution is -2.44. The predicted molar refractivity (Wildman–Crippen MR) is 79.6 cm³/mol. The van der Waals surface area contributed by atoms with Gasteiger partial charge < -0.3 is 5.32 Å². The summed E-state index contributed by atoms with van der Waals surface area (Å²) in [4.78, 5) is 0.568. The zero-order valence-corrected chi connectivity index (χ0v) is 13.4. The van der Waals surface area contributed by atoms with Crippen LogP contribution in [0.5, 0.6) is 0 Å². The van der Waals surface area contributed by atoms with Crippen molar-refractivity contribution in [3.63, 3.8) is 0 Å². The Morgan fingerprint density at radius 3 is 2.53 bits per heavy atom. The molecule has 2 nitrogen and oxygen atoms in total. The summed E-state index contributed by atoms with van der Waals surface area (Å²) in [6, 6.07) is 4.36. The Balaban J connectivity index is 2.84. The van der Waals surface area contributed by atoms with E-state index in [9.17, 15) is 8.60 Å². The second kappa shape index (κ2) is 6.82. The molecule has 0 amide bonds. The van der Waals surface area contributed by atoms with Crippen molar-refractivity contribution in [1.29, 1.82) is 0 Å². The minimum Gasteiger partial charge on any atom is -0.313 e. The van der Waals surface area contributed by atoms with Gasteiger partial charge in [0.25, 0.3) is 0 Å². The minimum absolute atomic E-state index is 0.00942. The fraction of sp³-hybridized carbons (Fsp3) is 0.571. The molecule has 0 fully saturated rings. The van der Waals surface area contributed by atoms with Gasteiger partial charge in [-0.1, -0.05) is 39.3 Å². The highest BCUT2D eigenvalue weighted by Gasteiger charge is 2.26. The Morgan fingerprint density at radius 1 is 1.42 bits per heavy atom. The molecule has 2 atom stereocenters. The van der Waals surface area contributed by atoms with Crippen molar-refractivity contribution in [2.45, 2.75) is 38.6 Å². The van der Waals surface area contributed by atoms with Gasteiger partial charge in [-0.05, 0) is 30.2 Å². The standard InChI is InChI=1S/C14H21ClFNOS/c1-5-17-13(14(2,3)4)9-19(18)10-6-7-12(16)11(15)8-10/h6-8,13,17H,5,9H2,1-4H3. The van der Waals surface area contributed by atoms with E-state index >= 15 is 0 Å². The zero-order chi connectivity index (χ0) is 14.6. The van der Waals surface area contributed by atoms with Crippen LogP contribution in [-0.4, -0.2) is 22.5 Å². The van der Waals surface area contributed by atoms with Crippen LogP contribution in [-0.2, 0) is 10.8 Å². The van der Waals surface area contributed by atoms with E-state index in [1.54, 1.807) is 0 Å². The molecule has 1 N–H and O–H groups in total. The molecule has 0 saturated heterocycles. The molecule has 0 bridgehead atoms. The Bertz CT molecular complexity index is 459. The van der Waals surface area contributed by atoms with E-state index in [2.05, 4.69) is 26.1 Å². The van der Waals surface area contributed by atoms with Crippen LogP contribution in [0.3, 0.4) is 0 Å². The second-order valence-corrected chi connectivity index (χ2v) is 7.47. The van der Waals surface area contributed by atoms with E-state index in [1.807, 2.05) is 6.92 Å². The van der Waals surface area contributed by atoms with E-state index in [4.69, 9.17) is 11.6 Å². The van der Waals surface area contributed by atoms with Crippen LogP contribution < -0.4 is 5.32 Å². The lowest BCUT2D eigenvalue weighted by molar-refractivity contribution is 0.294. The smallest absolute Gasteiger partial charge is 0.141 e. The van der Waals surface area contributed by atoms with E-state index in [-0.39, 0.29) is 16.5 Å². The quantitative estimate of drug-likeness (QED) is 0.900. The molecule has 0 aromatic heterocycles. The molecule has 0 radical (unpaired) electrons. The van der Waals surface area contributed by atoms with Crippen molar-refractivity contribution in [2.75, 3.05) is 12.3 Å². The molecule has 5 heteroatoms. The van der Waals surface area contributed by atoms with Crippen molar-refractivity contribution in [2.24, 2.45) is 5.41 Å². The van der Waals surface area contributed by atoms with Crippen molar-refractivity contribution >= 4 is 22.4 Å². The normalized spacial score (nSPS) is 15.3. The molecule has 0 aliphatic heterocycles. The minimum atomic E-state index is -1.19. The summed E-state index contributed by atoms with van der Waals surface area (Å²) in [6.45, 7) is 9.17. The van der Waals surface area contributed by atoms with Crippen LogP contribution >= 0.6 is 11.6 Å². The summed E-state index contributed by atoms with van der Waals surface area (Å²) >= 11 is 5.72. The molecule has 108 valence electrons. The molecule has 1 rings (SSSR count). The van der Waals surface area contributed by atoms with Crippen LogP contribution in [0.15, 0.2) is 23.1 Å². The summed E-state index contributed by atoms with van der Waals surface area (Å²) in [7, 11) is -1.19. The molecule has 0 spiro atoms. The molecule has 19 heavy (non-hydrogen) atoms. The van der Waals surface area contributed by atoms with E-state index < -0.39 is 16.6 Å². The molecular formula is C14H21ClFNOS. The van der Waals surface area contributed by atoms with Gasteiger partial charge >= 0.3 is 0 Å². The largest absolute Gasteiger partial charge is 0.313 e. The van der Waals surface area contributed by atoms with Crippen molar-refractivity contribution in [1.82, 2.24) is 5.32 Å². The number of rotatable bonds is 5. The summed E-state index contributed by atoms with van der Waals surface area (Å²) in [5.41, 5.74) is 0.00942. The van der Waals surface area contributed by atoms with Crippen molar-refractivity contribution < 1.29 is 8.60 Å². The summed E-state index contributed by atoms with van der Waals surface area (Å²) < 4.78 is 25.4. The highest BCUT2D eigenvalue weighted by molar-refractivity contribution is 7.85. The molecule has 0 aliphatic rings. The third-order valence-corrected chi connectivity index (χ3v) is 4.67. The third kappa shape index (κ3) is 4.86. The highest BCUT2D eigenvalue weighted by atomic mass is 35.5. The zero-order valence-electron chi connectivity index (χ0n) is 11.8. The monoisotopic (exact) mass is 305 g/mol. The molecular weight excluding hydrogens is 285 g/mol. The van der Waals surface area contributed by atoms with Crippen LogP contribution in [0.4, 0.5) is 4.39 Å². The first-order valence-electron chi connectivity index (χ1n) is 6.32. The lowest BCUT2D eigenvalue weighted by atomic mass is 9.88. The summed E-state index contributed by atoms with van der Waals surface area (Å²) in [5.74, 6) is 0.000669. The van der Waals surface area contributed by atoms with Crippen LogP contribution in [0.2, 0.25) is 5.02 Å². The maximum atomic E-state index is 13.1. The van der Waals surface area contributed by atoms with E-state index in [1.165, 1.54) is 18.2 Å². The van der Waals surface area contributed by atoms with Gasteiger partial charge in [0, 0.05) is 16.7 Å². The van der Waals surface area contributed by atoms with Crippen LogP contribution in [0.25, 0.3) is 0 Å². The molecule has 1 aromatic carbocycles. The average molecular weight is 306 g/mol. The maximum absolute atomic E-state index is 13.1. The Hall–Kier alpha value is -0.450. The van der Waals surface area contributed by atoms with Crippen molar-refractivity contribution in [3.8, 4) is 0 Å². The van der Waals surface area contributed by atoms with Gasteiger partial charge in [-0.15, -0.1) is 0 Å². The van der Waals surface area contributed by atoms with E-state index in [0.717, 1.165) is 6.54 Å². The Morgan fingerprint density at radius 2 is 2.05 bits per heavy atom. The Kier molecular flexibility index (Phi) is 5.96. The average Bonchev–Trinajstić information content (AvgIpc) is 2.30. The highest BCUT2D eigenvalue weighted by Crippen LogP contribution is 2.23. The Labute approximate surface area is 122 Å². The number of hydrogen-bond acceptors (Lipinski definition) is 2. The first-order valence-corrected chi connectivity index (χ1v) is 8.02. The van der Waals surface area contributed by atoms with Gasteiger partial charge in [0.1, 0.15) is 5.82 Å². The SMILES string of the molecule is CCNC(CS(=O)c1ccc(F)c(Cl)c1)C(C)(C)C.